The van der Waals surface area contributed by atoms with E-state index in [2.05, 4.69) is 10.2 Å². The molecule has 1 fully saturated rings. The molecule has 0 aliphatic carbocycles. The van der Waals surface area contributed by atoms with Gasteiger partial charge in [0.15, 0.2) is 5.03 Å². The number of rotatable bonds is 3. The summed E-state index contributed by atoms with van der Waals surface area (Å²) in [6, 6.07) is 0. The monoisotopic (exact) mass is 277 g/mol. The van der Waals surface area contributed by atoms with Gasteiger partial charge in [-0.1, -0.05) is 0 Å². The molecule has 2 unspecified atom stereocenters. The maximum absolute atomic E-state index is 12.1. The first-order valence-corrected chi connectivity index (χ1v) is 6.41. The minimum absolute atomic E-state index is 0.290. The Morgan fingerprint density at radius 1 is 1.39 bits per heavy atom. The minimum atomic E-state index is -4.12. The van der Waals surface area contributed by atoms with E-state index in [0.717, 1.165) is 10.5 Å². The van der Waals surface area contributed by atoms with Crippen molar-refractivity contribution >= 4 is 16.0 Å². The number of hydrogen-bond acceptors (Lipinski definition) is 6. The molecule has 100 valence electrons. The first-order chi connectivity index (χ1) is 8.34. The number of aliphatic hydroxyl groups is 2. The van der Waals surface area contributed by atoms with Crippen molar-refractivity contribution < 1.29 is 28.5 Å². The van der Waals surface area contributed by atoms with E-state index in [9.17, 15) is 23.4 Å². The number of carbonyl (C=O) groups is 1. The number of nitrogens with one attached hydrogen (secondary N) is 1. The highest BCUT2D eigenvalue weighted by Gasteiger charge is 2.40. The fraction of sp³-hybridized carbons (Fsp3) is 0.500. The van der Waals surface area contributed by atoms with E-state index in [1.54, 1.807) is 0 Å². The van der Waals surface area contributed by atoms with Crippen molar-refractivity contribution in [3.8, 4) is 0 Å². The number of aromatic amines is 1. The van der Waals surface area contributed by atoms with Gasteiger partial charge in [0.2, 0.25) is 0 Å². The number of carboxylic acids is 1. The van der Waals surface area contributed by atoms with Crippen molar-refractivity contribution in [2.45, 2.75) is 17.2 Å². The van der Waals surface area contributed by atoms with Crippen LogP contribution in [0.1, 0.15) is 10.4 Å². The fourth-order valence-electron chi connectivity index (χ4n) is 1.68. The molecule has 1 aliphatic rings. The Morgan fingerprint density at radius 3 is 2.44 bits per heavy atom. The van der Waals surface area contributed by atoms with E-state index in [0.29, 0.717) is 0 Å². The lowest BCUT2D eigenvalue weighted by Crippen LogP contribution is -2.31. The second kappa shape index (κ2) is 4.31. The molecule has 0 saturated carbocycles. The van der Waals surface area contributed by atoms with Crippen molar-refractivity contribution in [1.29, 1.82) is 0 Å². The van der Waals surface area contributed by atoms with E-state index in [-0.39, 0.29) is 13.1 Å². The third-order valence-electron chi connectivity index (χ3n) is 2.66. The first kappa shape index (κ1) is 13.0. The topological polar surface area (TPSA) is 144 Å². The highest BCUT2D eigenvalue weighted by Crippen LogP contribution is 2.22. The summed E-state index contributed by atoms with van der Waals surface area (Å²) >= 11 is 0. The Hall–Kier alpha value is -1.49. The number of aliphatic hydroxyl groups excluding tert-OH is 2. The number of hydrogen-bond donors (Lipinski definition) is 4. The van der Waals surface area contributed by atoms with Crippen molar-refractivity contribution in [2.75, 3.05) is 13.1 Å². The molecule has 0 bridgehead atoms. The second-order valence-electron chi connectivity index (χ2n) is 3.87. The third kappa shape index (κ3) is 1.99. The Morgan fingerprint density at radius 2 is 1.94 bits per heavy atom. The summed E-state index contributed by atoms with van der Waals surface area (Å²) in [7, 11) is -4.12. The zero-order chi connectivity index (χ0) is 13.5. The lowest BCUT2D eigenvalue weighted by molar-refractivity contribution is 0.0572. The van der Waals surface area contributed by atoms with Crippen molar-refractivity contribution in [2.24, 2.45) is 0 Å². The normalized spacial score (nSPS) is 25.4. The molecular formula is C8H11N3O6S. The van der Waals surface area contributed by atoms with Crippen LogP contribution >= 0.6 is 0 Å². The van der Waals surface area contributed by atoms with Crippen LogP contribution in [0.15, 0.2) is 11.2 Å². The predicted molar refractivity (Wildman–Crippen MR) is 56.3 cm³/mol. The molecule has 9 nitrogen and oxygen atoms in total. The van der Waals surface area contributed by atoms with Crippen LogP contribution in [0.25, 0.3) is 0 Å². The molecule has 0 amide bonds. The molecule has 18 heavy (non-hydrogen) atoms. The fourth-order valence-corrected chi connectivity index (χ4v) is 3.23. The van der Waals surface area contributed by atoms with E-state index < -0.39 is 38.8 Å². The van der Waals surface area contributed by atoms with Crippen molar-refractivity contribution in [3.63, 3.8) is 0 Å². The number of aromatic nitrogens is 2. The van der Waals surface area contributed by atoms with Crippen LogP contribution in [-0.2, 0) is 10.0 Å². The summed E-state index contributed by atoms with van der Waals surface area (Å²) < 4.78 is 25.0. The number of sulfonamides is 1. The van der Waals surface area contributed by atoms with Crippen LogP contribution in [0, 0.1) is 0 Å². The summed E-state index contributed by atoms with van der Waals surface area (Å²) in [5, 5.41) is 32.4. The number of aromatic carboxylic acids is 1. The molecule has 4 N–H and O–H groups in total. The van der Waals surface area contributed by atoms with Crippen molar-refractivity contribution in [1.82, 2.24) is 14.5 Å². The zero-order valence-electron chi connectivity index (χ0n) is 9.02. The Bertz CT molecular complexity index is 557. The molecule has 1 aliphatic heterocycles. The molecule has 1 aromatic heterocycles. The zero-order valence-corrected chi connectivity index (χ0v) is 9.83. The van der Waals surface area contributed by atoms with E-state index in [4.69, 9.17) is 5.11 Å². The Balaban J connectivity index is 2.38. The molecule has 2 atom stereocenters. The summed E-state index contributed by atoms with van der Waals surface area (Å²) in [5.74, 6) is -1.43. The van der Waals surface area contributed by atoms with Gasteiger partial charge in [0, 0.05) is 13.1 Å². The van der Waals surface area contributed by atoms with E-state index >= 15 is 0 Å². The Kier molecular flexibility index (Phi) is 3.11. The van der Waals surface area contributed by atoms with Crippen LogP contribution in [0.3, 0.4) is 0 Å². The summed E-state index contributed by atoms with van der Waals surface area (Å²) in [5.41, 5.74) is -0.481. The SMILES string of the molecule is O=C(O)c1cn[nH]c1S(=O)(=O)N1CC(O)C(O)C1. The van der Waals surface area contributed by atoms with Crippen molar-refractivity contribution in [3.05, 3.63) is 11.8 Å². The smallest absolute Gasteiger partial charge is 0.340 e. The molecule has 2 heterocycles. The van der Waals surface area contributed by atoms with Gasteiger partial charge in [-0.05, 0) is 0 Å². The van der Waals surface area contributed by atoms with Gasteiger partial charge in [0.05, 0.1) is 18.4 Å². The molecule has 2 rings (SSSR count). The van der Waals surface area contributed by atoms with Gasteiger partial charge in [-0.25, -0.2) is 13.2 Å². The van der Waals surface area contributed by atoms with Crippen LogP contribution in [0.5, 0.6) is 0 Å². The summed E-state index contributed by atoms with van der Waals surface area (Å²) in [6.07, 6.45) is -1.48. The minimum Gasteiger partial charge on any atom is -0.478 e. The average molecular weight is 277 g/mol. The van der Waals surface area contributed by atoms with E-state index in [1.165, 1.54) is 0 Å². The van der Waals surface area contributed by atoms with Gasteiger partial charge in [0.1, 0.15) is 5.56 Å². The number of H-pyrrole nitrogens is 1. The molecule has 10 heteroatoms. The maximum Gasteiger partial charge on any atom is 0.340 e. The molecular weight excluding hydrogens is 266 g/mol. The molecule has 0 radical (unpaired) electrons. The highest BCUT2D eigenvalue weighted by molar-refractivity contribution is 7.89. The predicted octanol–water partition coefficient (Wildman–Crippen LogP) is -2.17. The van der Waals surface area contributed by atoms with Crippen LogP contribution in [0.2, 0.25) is 0 Å². The molecule has 0 spiro atoms. The van der Waals surface area contributed by atoms with E-state index in [1.807, 2.05) is 0 Å². The van der Waals surface area contributed by atoms with Crippen LogP contribution in [-0.4, -0.2) is 69.5 Å². The lowest BCUT2D eigenvalue weighted by atomic mass is 10.3. The highest BCUT2D eigenvalue weighted by atomic mass is 32.2. The third-order valence-corrected chi connectivity index (χ3v) is 4.46. The largest absolute Gasteiger partial charge is 0.478 e. The number of β-amino-alcohol motifs (C(OH)–C–C–N with tert-alkyl or cyclic N) is 2. The summed E-state index contributed by atoms with van der Waals surface area (Å²) in [4.78, 5) is 10.8. The van der Waals surface area contributed by atoms with Gasteiger partial charge in [-0.3, -0.25) is 5.10 Å². The molecule has 0 aromatic carbocycles. The average Bonchev–Trinajstić information content (AvgIpc) is 2.87. The molecule has 1 aromatic rings. The lowest BCUT2D eigenvalue weighted by Gasteiger charge is -2.14. The quantitative estimate of drug-likeness (QED) is 0.492. The van der Waals surface area contributed by atoms with Gasteiger partial charge in [-0.15, -0.1) is 0 Å². The maximum atomic E-state index is 12.1. The first-order valence-electron chi connectivity index (χ1n) is 4.97. The van der Waals surface area contributed by atoms with Gasteiger partial charge < -0.3 is 15.3 Å². The summed E-state index contributed by atoms with van der Waals surface area (Å²) in [6.45, 7) is -0.580. The van der Waals surface area contributed by atoms with Gasteiger partial charge in [-0.2, -0.15) is 9.40 Å². The van der Waals surface area contributed by atoms with Crippen LogP contribution in [0.4, 0.5) is 0 Å². The molecule has 1 saturated heterocycles. The number of carboxylic acid groups (broad SMARTS) is 1. The standard InChI is InChI=1S/C8H11N3O6S/c12-5-2-11(3-6(5)13)18(16,17)7-4(8(14)15)1-9-10-7/h1,5-6,12-13H,2-3H2,(H,9,10)(H,14,15). The van der Waals surface area contributed by atoms with Crippen LogP contribution < -0.4 is 0 Å². The Labute approximate surface area is 102 Å². The number of nitrogens with zero attached hydrogens (tertiary/aromatic N) is 2. The van der Waals surface area contributed by atoms with Gasteiger partial charge >= 0.3 is 5.97 Å². The second-order valence-corrected chi connectivity index (χ2v) is 5.75. The van der Waals surface area contributed by atoms with Gasteiger partial charge in [0.25, 0.3) is 10.0 Å².